The van der Waals surface area contributed by atoms with Gasteiger partial charge in [-0.3, -0.25) is 9.59 Å². The molecule has 98 valence electrons. The van der Waals surface area contributed by atoms with Gasteiger partial charge in [-0.1, -0.05) is 6.92 Å². The third-order valence-corrected chi connectivity index (χ3v) is 3.61. The molecule has 1 amide bonds. The van der Waals surface area contributed by atoms with E-state index in [1.807, 2.05) is 11.8 Å². The summed E-state index contributed by atoms with van der Waals surface area (Å²) in [6.07, 6.45) is 2.24. The largest absolute Gasteiger partial charge is 0.481 e. The Balaban J connectivity index is 2.66. The van der Waals surface area contributed by atoms with Gasteiger partial charge in [-0.25, -0.2) is 0 Å². The van der Waals surface area contributed by atoms with Crippen LogP contribution in [-0.4, -0.2) is 34.5 Å². The van der Waals surface area contributed by atoms with Crippen molar-refractivity contribution in [3.63, 3.8) is 0 Å². The van der Waals surface area contributed by atoms with Gasteiger partial charge < -0.3 is 10.0 Å². The van der Waals surface area contributed by atoms with Gasteiger partial charge in [0.25, 0.3) is 0 Å². The van der Waals surface area contributed by atoms with Gasteiger partial charge in [-0.2, -0.15) is 0 Å². The highest BCUT2D eigenvalue weighted by Gasteiger charge is 2.34. The van der Waals surface area contributed by atoms with Crippen molar-refractivity contribution < 1.29 is 14.7 Å². The molecule has 0 bridgehead atoms. The first-order chi connectivity index (χ1) is 7.74. The molecule has 2 atom stereocenters. The zero-order valence-corrected chi connectivity index (χ0v) is 11.2. The van der Waals surface area contributed by atoms with E-state index < -0.39 is 11.4 Å². The lowest BCUT2D eigenvalue weighted by molar-refractivity contribution is -0.152. The van der Waals surface area contributed by atoms with Gasteiger partial charge in [0, 0.05) is 19.0 Å². The van der Waals surface area contributed by atoms with Crippen LogP contribution in [0.25, 0.3) is 0 Å². The summed E-state index contributed by atoms with van der Waals surface area (Å²) in [4.78, 5) is 25.0. The molecule has 1 aliphatic rings. The molecule has 0 saturated carbocycles. The van der Waals surface area contributed by atoms with E-state index in [0.29, 0.717) is 5.92 Å². The first-order valence-corrected chi connectivity index (χ1v) is 6.27. The number of hydrogen-bond acceptors (Lipinski definition) is 2. The van der Waals surface area contributed by atoms with Crippen molar-refractivity contribution in [3.05, 3.63) is 0 Å². The number of aliphatic carboxylic acids is 1. The normalized spacial score (nSPS) is 25.8. The number of carbonyl (C=O) groups is 2. The summed E-state index contributed by atoms with van der Waals surface area (Å²) in [5.41, 5.74) is -0.975. The lowest BCUT2D eigenvalue weighted by atomic mass is 9.87. The third-order valence-electron chi connectivity index (χ3n) is 3.61. The molecule has 1 N–H and O–H groups in total. The van der Waals surface area contributed by atoms with Crippen LogP contribution in [0.1, 0.15) is 47.0 Å². The number of piperidine rings is 1. The summed E-state index contributed by atoms with van der Waals surface area (Å²) in [7, 11) is 0. The summed E-state index contributed by atoms with van der Waals surface area (Å²) in [6, 6.07) is 0.239. The van der Waals surface area contributed by atoms with E-state index in [2.05, 4.69) is 6.92 Å². The highest BCUT2D eigenvalue weighted by atomic mass is 16.4. The molecule has 0 aromatic rings. The Morgan fingerprint density at radius 1 is 1.29 bits per heavy atom. The van der Waals surface area contributed by atoms with Gasteiger partial charge in [0.05, 0.1) is 5.41 Å². The molecule has 0 spiro atoms. The van der Waals surface area contributed by atoms with Crippen molar-refractivity contribution in [2.75, 3.05) is 6.54 Å². The second-order valence-electron chi connectivity index (χ2n) is 5.94. The Hall–Kier alpha value is -1.06. The van der Waals surface area contributed by atoms with Crippen LogP contribution in [0.15, 0.2) is 0 Å². The van der Waals surface area contributed by atoms with E-state index in [0.717, 1.165) is 19.4 Å². The van der Waals surface area contributed by atoms with Crippen LogP contribution in [-0.2, 0) is 9.59 Å². The smallest absolute Gasteiger partial charge is 0.309 e. The first kappa shape index (κ1) is 14.0. The van der Waals surface area contributed by atoms with Crippen LogP contribution < -0.4 is 0 Å². The summed E-state index contributed by atoms with van der Waals surface area (Å²) < 4.78 is 0. The molecule has 0 aromatic heterocycles. The summed E-state index contributed by atoms with van der Waals surface area (Å²) >= 11 is 0. The van der Waals surface area contributed by atoms with E-state index in [9.17, 15) is 9.59 Å². The molecule has 0 aromatic carbocycles. The molecule has 1 fully saturated rings. The van der Waals surface area contributed by atoms with Crippen LogP contribution in [0.4, 0.5) is 0 Å². The number of carbonyl (C=O) groups excluding carboxylic acids is 1. The Morgan fingerprint density at radius 3 is 2.41 bits per heavy atom. The van der Waals surface area contributed by atoms with Crippen LogP contribution in [0, 0.1) is 11.3 Å². The maximum atomic E-state index is 12.1. The molecular formula is C13H23NO3. The SMILES string of the molecule is CC1CCC(C)N(C(=O)CC(C)(C)C(=O)O)C1. The van der Waals surface area contributed by atoms with E-state index in [-0.39, 0.29) is 18.4 Å². The number of likely N-dealkylation sites (tertiary alicyclic amines) is 1. The molecule has 4 nitrogen and oxygen atoms in total. The van der Waals surface area contributed by atoms with Gasteiger partial charge in [-0.05, 0) is 39.5 Å². The van der Waals surface area contributed by atoms with Crippen molar-refractivity contribution in [1.29, 1.82) is 0 Å². The zero-order chi connectivity index (χ0) is 13.2. The lowest BCUT2D eigenvalue weighted by Gasteiger charge is -2.38. The van der Waals surface area contributed by atoms with E-state index >= 15 is 0 Å². The number of nitrogens with zero attached hydrogens (tertiary/aromatic N) is 1. The van der Waals surface area contributed by atoms with Crippen molar-refractivity contribution in [2.45, 2.75) is 53.0 Å². The predicted octanol–water partition coefficient (Wildman–Crippen LogP) is 2.13. The van der Waals surface area contributed by atoms with Gasteiger partial charge in [0.1, 0.15) is 0 Å². The highest BCUT2D eigenvalue weighted by Crippen LogP contribution is 2.26. The van der Waals surface area contributed by atoms with Gasteiger partial charge in [0.2, 0.25) is 5.91 Å². The summed E-state index contributed by atoms with van der Waals surface area (Å²) in [5.74, 6) is -0.428. The molecule has 1 aliphatic heterocycles. The fourth-order valence-electron chi connectivity index (χ4n) is 2.19. The average Bonchev–Trinajstić information content (AvgIpc) is 2.20. The van der Waals surface area contributed by atoms with Crippen LogP contribution in [0.2, 0.25) is 0 Å². The minimum atomic E-state index is -0.975. The monoisotopic (exact) mass is 241 g/mol. The zero-order valence-electron chi connectivity index (χ0n) is 11.2. The summed E-state index contributed by atoms with van der Waals surface area (Å²) in [6.45, 7) is 8.14. The Kier molecular flexibility index (Phi) is 4.17. The minimum absolute atomic E-state index is 0.0311. The molecule has 1 rings (SSSR count). The fourth-order valence-corrected chi connectivity index (χ4v) is 2.19. The molecule has 0 radical (unpaired) electrons. The molecule has 1 saturated heterocycles. The predicted molar refractivity (Wildman–Crippen MR) is 65.6 cm³/mol. The first-order valence-electron chi connectivity index (χ1n) is 6.27. The fraction of sp³-hybridized carbons (Fsp3) is 0.846. The maximum Gasteiger partial charge on any atom is 0.309 e. The summed E-state index contributed by atoms with van der Waals surface area (Å²) in [5, 5.41) is 9.04. The van der Waals surface area contributed by atoms with Crippen LogP contribution >= 0.6 is 0 Å². The lowest BCUT2D eigenvalue weighted by Crippen LogP contribution is -2.46. The van der Waals surface area contributed by atoms with Gasteiger partial charge in [0.15, 0.2) is 0 Å². The highest BCUT2D eigenvalue weighted by molar-refractivity contribution is 5.84. The number of rotatable bonds is 3. The van der Waals surface area contributed by atoms with Crippen LogP contribution in [0.3, 0.4) is 0 Å². The molecule has 4 heteroatoms. The van der Waals surface area contributed by atoms with Crippen LogP contribution in [0.5, 0.6) is 0 Å². The topological polar surface area (TPSA) is 57.6 Å². The molecular weight excluding hydrogens is 218 g/mol. The quantitative estimate of drug-likeness (QED) is 0.823. The Labute approximate surface area is 103 Å². The van der Waals surface area contributed by atoms with Crippen molar-refractivity contribution >= 4 is 11.9 Å². The molecule has 1 heterocycles. The van der Waals surface area contributed by atoms with Crippen molar-refractivity contribution in [3.8, 4) is 0 Å². The van der Waals surface area contributed by atoms with E-state index in [1.165, 1.54) is 0 Å². The molecule has 0 aliphatic carbocycles. The minimum Gasteiger partial charge on any atom is -0.481 e. The van der Waals surface area contributed by atoms with Crippen molar-refractivity contribution in [1.82, 2.24) is 4.90 Å². The second-order valence-corrected chi connectivity index (χ2v) is 5.94. The molecule has 17 heavy (non-hydrogen) atoms. The third kappa shape index (κ3) is 3.45. The number of amides is 1. The van der Waals surface area contributed by atoms with E-state index in [4.69, 9.17) is 5.11 Å². The maximum absolute atomic E-state index is 12.1. The average molecular weight is 241 g/mol. The number of carboxylic acid groups (broad SMARTS) is 1. The van der Waals surface area contributed by atoms with Crippen molar-refractivity contribution in [2.24, 2.45) is 11.3 Å². The standard InChI is InChI=1S/C13H23NO3/c1-9-5-6-10(2)14(8-9)11(15)7-13(3,4)12(16)17/h9-10H,5-8H2,1-4H3,(H,16,17). The van der Waals surface area contributed by atoms with Gasteiger partial charge in [-0.15, -0.1) is 0 Å². The number of hydrogen-bond donors (Lipinski definition) is 1. The number of carboxylic acids is 1. The Bertz CT molecular complexity index is 312. The van der Waals surface area contributed by atoms with Gasteiger partial charge >= 0.3 is 5.97 Å². The second kappa shape index (κ2) is 5.07. The van der Waals surface area contributed by atoms with E-state index in [1.54, 1.807) is 13.8 Å². The Morgan fingerprint density at radius 2 is 1.88 bits per heavy atom. The molecule has 2 unspecified atom stereocenters.